The van der Waals surface area contributed by atoms with Gasteiger partial charge in [0.05, 0.1) is 0 Å². The molecule has 5 heteroatoms. The van der Waals surface area contributed by atoms with E-state index in [1.807, 2.05) is 24.5 Å². The molecule has 1 aromatic carbocycles. The highest BCUT2D eigenvalue weighted by atomic mass is 35.5. The highest BCUT2D eigenvalue weighted by molar-refractivity contribution is 6.29. The monoisotopic (exact) mass is 214 g/mol. The number of aryl methyl sites for hydroxylation is 1. The summed E-state index contributed by atoms with van der Waals surface area (Å²) >= 11 is 5.59. The summed E-state index contributed by atoms with van der Waals surface area (Å²) in [5, 5.41) is 0. The molecule has 3 N–H and O–H groups in total. The molecule has 1 aromatic rings. The van der Waals surface area contributed by atoms with Gasteiger partial charge in [0.15, 0.2) is 0 Å². The van der Waals surface area contributed by atoms with Gasteiger partial charge in [-0.25, -0.2) is 5.84 Å². The molecule has 4 nitrogen and oxygen atoms in total. The number of hydrazine groups is 1. The summed E-state index contributed by atoms with van der Waals surface area (Å²) in [5.74, 6) is 4.84. The van der Waals surface area contributed by atoms with E-state index in [-0.39, 0.29) is 0 Å². The number of rotatable bonds is 3. The maximum atomic E-state index is 10.9. The average molecular weight is 215 g/mol. The third-order valence-electron chi connectivity index (χ3n) is 1.61. The molecule has 14 heavy (non-hydrogen) atoms. The van der Waals surface area contributed by atoms with Crippen molar-refractivity contribution in [1.82, 2.24) is 5.43 Å². The van der Waals surface area contributed by atoms with Crippen molar-refractivity contribution in [2.24, 2.45) is 5.84 Å². The van der Waals surface area contributed by atoms with E-state index in [0.717, 1.165) is 5.56 Å². The first-order valence-electron chi connectivity index (χ1n) is 4.01. The molecule has 1 atom stereocenters. The molecule has 0 saturated heterocycles. The van der Waals surface area contributed by atoms with E-state index in [9.17, 15) is 4.79 Å². The van der Waals surface area contributed by atoms with Gasteiger partial charge in [-0.1, -0.05) is 29.3 Å². The van der Waals surface area contributed by atoms with Crippen molar-refractivity contribution in [3.63, 3.8) is 0 Å². The molecule has 0 heterocycles. The molecule has 0 radical (unpaired) electrons. The number of alkyl halides is 1. The minimum absolute atomic E-state index is 0.527. The molecule has 1 amide bonds. The lowest BCUT2D eigenvalue weighted by molar-refractivity contribution is -0.124. The lowest BCUT2D eigenvalue weighted by atomic mass is 10.2. The van der Waals surface area contributed by atoms with Crippen LogP contribution in [0.1, 0.15) is 5.56 Å². The zero-order valence-corrected chi connectivity index (χ0v) is 8.41. The van der Waals surface area contributed by atoms with Crippen LogP contribution in [0.15, 0.2) is 24.3 Å². The fourth-order valence-electron chi connectivity index (χ4n) is 0.855. The molecule has 0 aliphatic carbocycles. The number of benzene rings is 1. The highest BCUT2D eigenvalue weighted by Crippen LogP contribution is 2.14. The first kappa shape index (κ1) is 10.8. The Kier molecular flexibility index (Phi) is 3.73. The van der Waals surface area contributed by atoms with E-state index in [4.69, 9.17) is 22.2 Å². The Hall–Kier alpha value is -1.26. The van der Waals surface area contributed by atoms with Crippen LogP contribution in [0.4, 0.5) is 0 Å². The average Bonchev–Trinajstić information content (AvgIpc) is 2.20. The van der Waals surface area contributed by atoms with Crippen LogP contribution < -0.4 is 16.0 Å². The lowest BCUT2D eigenvalue weighted by Crippen LogP contribution is -2.39. The fraction of sp³-hybridized carbons (Fsp3) is 0.222. The predicted molar refractivity (Wildman–Crippen MR) is 53.8 cm³/mol. The van der Waals surface area contributed by atoms with Crippen LogP contribution >= 0.6 is 11.6 Å². The van der Waals surface area contributed by atoms with Gasteiger partial charge in [-0.15, -0.1) is 0 Å². The van der Waals surface area contributed by atoms with Crippen LogP contribution in [0, 0.1) is 6.92 Å². The Labute approximate surface area is 87.0 Å². The number of ether oxygens (including phenoxy) is 1. The number of hydrogen-bond acceptors (Lipinski definition) is 3. The smallest absolute Gasteiger partial charge is 0.290 e. The first-order valence-corrected chi connectivity index (χ1v) is 4.45. The van der Waals surface area contributed by atoms with Crippen LogP contribution in [-0.4, -0.2) is 11.5 Å². The normalized spacial score (nSPS) is 11.9. The third-order valence-corrected chi connectivity index (χ3v) is 1.90. The lowest BCUT2D eigenvalue weighted by Gasteiger charge is -2.10. The first-order chi connectivity index (χ1) is 6.63. The topological polar surface area (TPSA) is 64.3 Å². The molecule has 1 rings (SSSR count). The Morgan fingerprint density at radius 1 is 1.50 bits per heavy atom. The van der Waals surface area contributed by atoms with E-state index in [1.165, 1.54) is 0 Å². The molecule has 0 aromatic heterocycles. The number of halogens is 1. The molecule has 0 aliphatic heterocycles. The van der Waals surface area contributed by atoms with E-state index >= 15 is 0 Å². The van der Waals surface area contributed by atoms with Gasteiger partial charge in [0.1, 0.15) is 5.75 Å². The highest BCUT2D eigenvalue weighted by Gasteiger charge is 2.14. The molecule has 0 spiro atoms. The van der Waals surface area contributed by atoms with Gasteiger partial charge in [0.2, 0.25) is 0 Å². The number of hydrogen-bond donors (Lipinski definition) is 2. The molecule has 0 saturated carbocycles. The van der Waals surface area contributed by atoms with Gasteiger partial charge in [-0.2, -0.15) is 0 Å². The van der Waals surface area contributed by atoms with Crippen LogP contribution in [0.5, 0.6) is 5.75 Å². The summed E-state index contributed by atoms with van der Waals surface area (Å²) in [6.07, 6.45) is 0. The summed E-state index contributed by atoms with van der Waals surface area (Å²) in [6.45, 7) is 1.95. The summed E-state index contributed by atoms with van der Waals surface area (Å²) in [5.41, 5.74) is 1.90. The van der Waals surface area contributed by atoms with Crippen LogP contribution in [0.25, 0.3) is 0 Å². The third kappa shape index (κ3) is 2.90. The standard InChI is InChI=1S/C9H11ClN2O2/c1-6-2-4-7(5-3-6)14-8(10)9(13)12-11/h2-5,8H,11H2,1H3,(H,12,13). The van der Waals surface area contributed by atoms with Crippen LogP contribution in [0.3, 0.4) is 0 Å². The second-order valence-electron chi connectivity index (χ2n) is 2.76. The van der Waals surface area contributed by atoms with Crippen molar-refractivity contribution in [2.75, 3.05) is 0 Å². The summed E-state index contributed by atoms with van der Waals surface area (Å²) < 4.78 is 5.10. The van der Waals surface area contributed by atoms with Crippen LogP contribution in [0.2, 0.25) is 0 Å². The van der Waals surface area contributed by atoms with Gasteiger partial charge < -0.3 is 4.74 Å². The molecule has 1 unspecified atom stereocenters. The number of nitrogens with two attached hydrogens (primary N) is 1. The number of amides is 1. The number of nitrogens with one attached hydrogen (secondary N) is 1. The minimum atomic E-state index is -1.11. The second-order valence-corrected chi connectivity index (χ2v) is 3.15. The Balaban J connectivity index is 2.60. The largest absolute Gasteiger partial charge is 0.465 e. The predicted octanol–water partition coefficient (Wildman–Crippen LogP) is 0.929. The zero-order valence-electron chi connectivity index (χ0n) is 7.66. The zero-order chi connectivity index (χ0) is 10.6. The molecular formula is C9H11ClN2O2. The quantitative estimate of drug-likeness (QED) is 0.341. The molecule has 0 bridgehead atoms. The fourth-order valence-corrected chi connectivity index (χ4v) is 1.02. The second kappa shape index (κ2) is 4.83. The van der Waals surface area contributed by atoms with Gasteiger partial charge >= 0.3 is 0 Å². The SMILES string of the molecule is Cc1ccc(OC(Cl)C(=O)NN)cc1. The van der Waals surface area contributed by atoms with Crippen molar-refractivity contribution < 1.29 is 9.53 Å². The Morgan fingerprint density at radius 3 is 2.57 bits per heavy atom. The van der Waals surface area contributed by atoms with E-state index in [0.29, 0.717) is 5.75 Å². The Morgan fingerprint density at radius 2 is 2.07 bits per heavy atom. The molecule has 76 valence electrons. The maximum Gasteiger partial charge on any atom is 0.290 e. The van der Waals surface area contributed by atoms with E-state index in [1.54, 1.807) is 12.1 Å². The van der Waals surface area contributed by atoms with Crippen molar-refractivity contribution in [1.29, 1.82) is 0 Å². The maximum absolute atomic E-state index is 10.9. The van der Waals surface area contributed by atoms with Gasteiger partial charge in [-0.05, 0) is 19.1 Å². The molecular weight excluding hydrogens is 204 g/mol. The Bertz CT molecular complexity index is 313. The van der Waals surface area contributed by atoms with Gasteiger partial charge in [0.25, 0.3) is 11.5 Å². The van der Waals surface area contributed by atoms with Crippen molar-refractivity contribution in [3.05, 3.63) is 29.8 Å². The summed E-state index contributed by atoms with van der Waals surface area (Å²) in [4.78, 5) is 10.9. The molecule has 0 fully saturated rings. The van der Waals surface area contributed by atoms with Crippen molar-refractivity contribution in [3.8, 4) is 5.75 Å². The number of carbonyl (C=O) groups excluding carboxylic acids is 1. The van der Waals surface area contributed by atoms with Gasteiger partial charge in [-0.3, -0.25) is 10.2 Å². The minimum Gasteiger partial charge on any atom is -0.465 e. The van der Waals surface area contributed by atoms with E-state index < -0.39 is 11.5 Å². The van der Waals surface area contributed by atoms with Crippen molar-refractivity contribution in [2.45, 2.75) is 12.5 Å². The summed E-state index contributed by atoms with van der Waals surface area (Å²) in [7, 11) is 0. The summed E-state index contributed by atoms with van der Waals surface area (Å²) in [6, 6.07) is 7.18. The number of carbonyl (C=O) groups is 1. The van der Waals surface area contributed by atoms with Gasteiger partial charge in [0, 0.05) is 0 Å². The van der Waals surface area contributed by atoms with Crippen molar-refractivity contribution >= 4 is 17.5 Å². The van der Waals surface area contributed by atoms with Crippen LogP contribution in [-0.2, 0) is 4.79 Å². The van der Waals surface area contributed by atoms with E-state index in [2.05, 4.69) is 0 Å². The molecule has 0 aliphatic rings.